The molecule has 10 heavy (non-hydrogen) atoms. The van der Waals surface area contributed by atoms with Crippen LogP contribution in [0.5, 0.6) is 0 Å². The Balaban J connectivity index is 2.30. The first-order valence-electron chi connectivity index (χ1n) is 3.22. The first-order chi connectivity index (χ1) is 4.66. The van der Waals surface area contributed by atoms with E-state index < -0.39 is 11.4 Å². The Morgan fingerprint density at radius 1 is 1.70 bits per heavy atom. The van der Waals surface area contributed by atoms with E-state index in [0.29, 0.717) is 6.61 Å². The fourth-order valence-corrected chi connectivity index (χ4v) is 0.989. The number of aliphatic imine (C=N–C) groups is 1. The molecule has 1 saturated heterocycles. The summed E-state index contributed by atoms with van der Waals surface area (Å²) in [5.74, 6) is -1.59. The van der Waals surface area contributed by atoms with Gasteiger partial charge in [0.2, 0.25) is 5.79 Å². The molecule has 1 fully saturated rings. The lowest BCUT2D eigenvalue weighted by Gasteiger charge is -2.17. The fourth-order valence-electron chi connectivity index (χ4n) is 0.989. The maximum Gasteiger partial charge on any atom is 0.249 e. The van der Waals surface area contributed by atoms with Crippen molar-refractivity contribution in [3.8, 4) is 0 Å². The highest BCUT2D eigenvalue weighted by Crippen LogP contribution is 2.43. The Morgan fingerprint density at radius 3 is 2.80 bits per heavy atom. The second-order valence-corrected chi connectivity index (χ2v) is 2.83. The summed E-state index contributed by atoms with van der Waals surface area (Å²) in [4.78, 5) is 3.67. The van der Waals surface area contributed by atoms with Gasteiger partial charge in [0.05, 0.1) is 6.61 Å². The van der Waals surface area contributed by atoms with Crippen LogP contribution in [-0.4, -0.2) is 24.2 Å². The summed E-state index contributed by atoms with van der Waals surface area (Å²) in [6.45, 7) is 2.19. The average molecular weight is 141 g/mol. The number of epoxide rings is 1. The van der Waals surface area contributed by atoms with Gasteiger partial charge in [-0.2, -0.15) is 0 Å². The Kier molecular flexibility index (Phi) is 0.892. The number of hydrogen-bond donors (Lipinski definition) is 0. The first kappa shape index (κ1) is 6.04. The monoisotopic (exact) mass is 141 g/mol. The van der Waals surface area contributed by atoms with Crippen molar-refractivity contribution in [1.29, 1.82) is 0 Å². The number of alkyl halides is 1. The zero-order valence-electron chi connectivity index (χ0n) is 5.67. The van der Waals surface area contributed by atoms with Gasteiger partial charge < -0.3 is 4.74 Å². The highest BCUT2D eigenvalue weighted by molar-refractivity contribution is 5.75. The molecule has 2 atom stereocenters. The van der Waals surface area contributed by atoms with Gasteiger partial charge in [0.1, 0.15) is 5.60 Å². The highest BCUT2D eigenvalue weighted by Gasteiger charge is 2.58. The molecular formula is C7H8FNO. The molecule has 0 spiro atoms. The lowest BCUT2D eigenvalue weighted by Crippen LogP contribution is -2.33. The number of allylic oxidation sites excluding steroid dienone is 1. The molecular weight excluding hydrogens is 133 g/mol. The van der Waals surface area contributed by atoms with Crippen LogP contribution >= 0.6 is 0 Å². The fraction of sp³-hybridized carbons (Fsp3) is 0.571. The molecule has 2 nitrogen and oxygen atoms in total. The molecule has 2 unspecified atom stereocenters. The molecule has 2 heterocycles. The molecule has 54 valence electrons. The summed E-state index contributed by atoms with van der Waals surface area (Å²) >= 11 is 0. The van der Waals surface area contributed by atoms with Gasteiger partial charge in [-0.15, -0.1) is 0 Å². The molecule has 0 N–H and O–H groups in total. The Bertz CT molecular complexity index is 206. The summed E-state index contributed by atoms with van der Waals surface area (Å²) in [7, 11) is 0. The number of halogens is 1. The zero-order valence-corrected chi connectivity index (χ0v) is 5.67. The highest BCUT2D eigenvalue weighted by atomic mass is 19.1. The van der Waals surface area contributed by atoms with E-state index >= 15 is 0 Å². The zero-order chi connectivity index (χ0) is 7.24. The van der Waals surface area contributed by atoms with Crippen LogP contribution in [0.15, 0.2) is 17.1 Å². The van der Waals surface area contributed by atoms with Crippen molar-refractivity contribution in [2.24, 2.45) is 4.99 Å². The molecule has 2 aliphatic rings. The quantitative estimate of drug-likeness (QED) is 0.396. The van der Waals surface area contributed by atoms with Crippen LogP contribution in [0.4, 0.5) is 4.39 Å². The molecule has 0 radical (unpaired) electrons. The van der Waals surface area contributed by atoms with Crippen molar-refractivity contribution >= 4 is 6.21 Å². The van der Waals surface area contributed by atoms with Gasteiger partial charge in [-0.05, 0) is 19.1 Å². The van der Waals surface area contributed by atoms with Crippen molar-refractivity contribution in [2.75, 3.05) is 6.61 Å². The van der Waals surface area contributed by atoms with Gasteiger partial charge >= 0.3 is 0 Å². The third-order valence-corrected chi connectivity index (χ3v) is 1.98. The van der Waals surface area contributed by atoms with E-state index in [2.05, 4.69) is 4.99 Å². The van der Waals surface area contributed by atoms with Crippen LogP contribution in [0.3, 0.4) is 0 Å². The van der Waals surface area contributed by atoms with Crippen LogP contribution in [-0.2, 0) is 4.74 Å². The molecule has 0 aromatic heterocycles. The van der Waals surface area contributed by atoms with Gasteiger partial charge in [-0.3, -0.25) is 0 Å². The summed E-state index contributed by atoms with van der Waals surface area (Å²) in [6, 6.07) is 0. The summed E-state index contributed by atoms with van der Waals surface area (Å²) < 4.78 is 18.4. The second-order valence-electron chi connectivity index (χ2n) is 2.83. The van der Waals surface area contributed by atoms with Crippen LogP contribution in [0.2, 0.25) is 0 Å². The van der Waals surface area contributed by atoms with Crippen molar-refractivity contribution in [2.45, 2.75) is 18.3 Å². The predicted octanol–water partition coefficient (Wildman–Crippen LogP) is 1.08. The largest absolute Gasteiger partial charge is 0.364 e. The third kappa shape index (κ3) is 0.583. The predicted molar refractivity (Wildman–Crippen MR) is 35.8 cm³/mol. The Labute approximate surface area is 58.4 Å². The minimum absolute atomic E-state index is 0.463. The van der Waals surface area contributed by atoms with Crippen molar-refractivity contribution < 1.29 is 9.13 Å². The van der Waals surface area contributed by atoms with E-state index in [1.165, 1.54) is 12.3 Å². The molecule has 3 heteroatoms. The maximum absolute atomic E-state index is 13.5. The van der Waals surface area contributed by atoms with Gasteiger partial charge in [0.25, 0.3) is 0 Å². The van der Waals surface area contributed by atoms with Crippen LogP contribution in [0.25, 0.3) is 0 Å². The lowest BCUT2D eigenvalue weighted by molar-refractivity contribution is 0.115. The smallest absolute Gasteiger partial charge is 0.249 e. The van der Waals surface area contributed by atoms with Crippen LogP contribution < -0.4 is 0 Å². The standard InChI is InChI=1S/C7H8FNO/c1-6(5-10-6)7(8)3-2-4-9-7/h2-4H,5H2,1H3. The van der Waals surface area contributed by atoms with E-state index in [9.17, 15) is 4.39 Å². The minimum Gasteiger partial charge on any atom is -0.364 e. The average Bonchev–Trinajstić information content (AvgIpc) is 2.46. The molecule has 0 saturated carbocycles. The summed E-state index contributed by atoms with van der Waals surface area (Å²) in [6.07, 6.45) is 4.50. The Hall–Kier alpha value is -0.700. The normalized spacial score (nSPS) is 50.2. The number of rotatable bonds is 1. The molecule has 0 amide bonds. The van der Waals surface area contributed by atoms with Gasteiger partial charge in [0, 0.05) is 6.21 Å². The van der Waals surface area contributed by atoms with E-state index in [1.54, 1.807) is 13.0 Å². The molecule has 2 rings (SSSR count). The topological polar surface area (TPSA) is 24.9 Å². The van der Waals surface area contributed by atoms with E-state index in [0.717, 1.165) is 0 Å². The number of nitrogens with zero attached hydrogens (tertiary/aromatic N) is 1. The minimum atomic E-state index is -1.59. The molecule has 2 aliphatic heterocycles. The number of hydrogen-bond acceptors (Lipinski definition) is 2. The second kappa shape index (κ2) is 1.48. The van der Waals surface area contributed by atoms with Gasteiger partial charge in [-0.1, -0.05) is 0 Å². The molecule has 0 aromatic rings. The first-order valence-corrected chi connectivity index (χ1v) is 3.22. The van der Waals surface area contributed by atoms with Crippen molar-refractivity contribution in [3.05, 3.63) is 12.2 Å². The van der Waals surface area contributed by atoms with Crippen molar-refractivity contribution in [3.63, 3.8) is 0 Å². The summed E-state index contributed by atoms with van der Waals surface area (Å²) in [5, 5.41) is 0. The van der Waals surface area contributed by atoms with E-state index in [4.69, 9.17) is 4.74 Å². The van der Waals surface area contributed by atoms with Gasteiger partial charge in [-0.25, -0.2) is 9.38 Å². The van der Waals surface area contributed by atoms with Crippen LogP contribution in [0, 0.1) is 0 Å². The molecule has 0 aliphatic carbocycles. The van der Waals surface area contributed by atoms with E-state index in [-0.39, 0.29) is 0 Å². The van der Waals surface area contributed by atoms with Crippen LogP contribution in [0.1, 0.15) is 6.92 Å². The maximum atomic E-state index is 13.5. The summed E-state index contributed by atoms with van der Waals surface area (Å²) in [5.41, 5.74) is -0.684. The lowest BCUT2D eigenvalue weighted by atomic mass is 10.0. The third-order valence-electron chi connectivity index (χ3n) is 1.98. The van der Waals surface area contributed by atoms with Gasteiger partial charge in [0.15, 0.2) is 0 Å². The van der Waals surface area contributed by atoms with E-state index in [1.807, 2.05) is 0 Å². The van der Waals surface area contributed by atoms with Crippen molar-refractivity contribution in [1.82, 2.24) is 0 Å². The number of ether oxygens (including phenoxy) is 1. The molecule has 0 aromatic carbocycles. The SMILES string of the molecule is CC1(C2(F)C=CC=N2)CO1. The Morgan fingerprint density at radius 2 is 2.40 bits per heavy atom. The molecule has 0 bridgehead atoms.